The summed E-state index contributed by atoms with van der Waals surface area (Å²) in [5.74, 6) is 0.586. The van der Waals surface area contributed by atoms with Crippen molar-refractivity contribution < 1.29 is 32.0 Å². The van der Waals surface area contributed by atoms with Crippen molar-refractivity contribution in [2.24, 2.45) is 0 Å². The fourth-order valence-corrected chi connectivity index (χ4v) is 4.96. The zero-order valence-electron chi connectivity index (χ0n) is 21.5. The van der Waals surface area contributed by atoms with Gasteiger partial charge in [0.1, 0.15) is 11.4 Å². The predicted molar refractivity (Wildman–Crippen MR) is 132 cm³/mol. The van der Waals surface area contributed by atoms with E-state index in [1.165, 1.54) is 29.8 Å². The first-order chi connectivity index (χ1) is 17.9. The molecule has 1 aromatic heterocycles. The number of nitrogens with zero attached hydrogens (tertiary/aromatic N) is 3. The first-order valence-corrected chi connectivity index (χ1v) is 12.7. The minimum Gasteiger partial charge on any atom is -0.444 e. The van der Waals surface area contributed by atoms with Crippen LogP contribution in [0.4, 0.5) is 18.0 Å². The summed E-state index contributed by atoms with van der Waals surface area (Å²) in [5, 5.41) is 4.24. The Hall–Kier alpha value is -3.56. The van der Waals surface area contributed by atoms with Crippen LogP contribution in [-0.4, -0.2) is 45.7 Å². The number of ether oxygens (including phenoxy) is 2. The van der Waals surface area contributed by atoms with E-state index >= 15 is 0 Å². The van der Waals surface area contributed by atoms with Crippen LogP contribution in [-0.2, 0) is 10.2 Å². The average Bonchev–Trinajstić information content (AvgIpc) is 3.44. The largest absolute Gasteiger partial charge is 0.573 e. The van der Waals surface area contributed by atoms with Crippen molar-refractivity contribution in [1.29, 1.82) is 0 Å². The minimum absolute atomic E-state index is 0.0114. The fourth-order valence-electron chi connectivity index (χ4n) is 4.96. The maximum Gasteiger partial charge on any atom is 0.573 e. The number of carbonyl (C=O) groups is 1. The summed E-state index contributed by atoms with van der Waals surface area (Å²) in [6.07, 6.45) is -1.75. The second kappa shape index (κ2) is 9.63. The third-order valence-electron chi connectivity index (χ3n) is 7.03. The first-order valence-electron chi connectivity index (χ1n) is 12.7. The quantitative estimate of drug-likeness (QED) is 0.333. The third-order valence-corrected chi connectivity index (χ3v) is 7.03. The molecule has 2 aromatic carbocycles. The van der Waals surface area contributed by atoms with E-state index in [1.54, 1.807) is 0 Å². The van der Waals surface area contributed by atoms with E-state index in [9.17, 15) is 18.0 Å². The van der Waals surface area contributed by atoms with Gasteiger partial charge in [0, 0.05) is 24.1 Å². The van der Waals surface area contributed by atoms with Crippen molar-refractivity contribution in [1.82, 2.24) is 15.0 Å². The molecule has 1 heterocycles. The van der Waals surface area contributed by atoms with Gasteiger partial charge in [-0.05, 0) is 69.9 Å². The molecule has 202 valence electrons. The van der Waals surface area contributed by atoms with Gasteiger partial charge in [0.15, 0.2) is 5.82 Å². The van der Waals surface area contributed by atoms with Crippen molar-refractivity contribution in [2.45, 2.75) is 75.8 Å². The third kappa shape index (κ3) is 5.79. The van der Waals surface area contributed by atoms with E-state index in [0.29, 0.717) is 17.9 Å². The van der Waals surface area contributed by atoms with Gasteiger partial charge >= 0.3 is 12.5 Å². The highest BCUT2D eigenvalue weighted by atomic mass is 19.4. The Morgan fingerprint density at radius 2 is 1.76 bits per heavy atom. The molecular weight excluding hydrogens is 499 g/mol. The summed E-state index contributed by atoms with van der Waals surface area (Å²) in [7, 11) is 0. The molecule has 1 amide bonds. The van der Waals surface area contributed by atoms with Crippen LogP contribution in [0.5, 0.6) is 5.75 Å². The molecule has 2 atom stereocenters. The molecule has 2 fully saturated rings. The highest BCUT2D eigenvalue weighted by Crippen LogP contribution is 2.49. The second-order valence-electron chi connectivity index (χ2n) is 11.1. The number of rotatable bonds is 7. The molecule has 0 spiro atoms. The van der Waals surface area contributed by atoms with E-state index in [4.69, 9.17) is 9.26 Å². The van der Waals surface area contributed by atoms with E-state index in [-0.39, 0.29) is 29.7 Å². The van der Waals surface area contributed by atoms with Crippen LogP contribution < -0.4 is 4.74 Å². The monoisotopic (exact) mass is 529 g/mol. The molecule has 10 heteroatoms. The van der Waals surface area contributed by atoms with E-state index < -0.39 is 17.4 Å². The Labute approximate surface area is 218 Å². The Morgan fingerprint density at radius 3 is 2.34 bits per heavy atom. The van der Waals surface area contributed by atoms with Crippen LogP contribution >= 0.6 is 0 Å². The van der Waals surface area contributed by atoms with E-state index in [0.717, 1.165) is 25.7 Å². The summed E-state index contributed by atoms with van der Waals surface area (Å²) < 4.78 is 52.7. The average molecular weight is 530 g/mol. The lowest BCUT2D eigenvalue weighted by molar-refractivity contribution is -0.274. The maximum absolute atomic E-state index is 13.4. The van der Waals surface area contributed by atoms with Gasteiger partial charge < -0.3 is 18.9 Å². The number of amides is 1. The molecule has 2 aliphatic carbocycles. The van der Waals surface area contributed by atoms with Crippen molar-refractivity contribution in [3.8, 4) is 17.2 Å². The Bertz CT molecular complexity index is 1260. The normalized spacial score (nSPS) is 20.4. The van der Waals surface area contributed by atoms with Gasteiger partial charge in [-0.3, -0.25) is 0 Å². The van der Waals surface area contributed by atoms with Gasteiger partial charge in [-0.15, -0.1) is 13.2 Å². The van der Waals surface area contributed by atoms with Crippen molar-refractivity contribution >= 4 is 6.09 Å². The zero-order chi connectivity index (χ0) is 27.1. The molecular formula is C28H30F3N3O4. The maximum atomic E-state index is 13.4. The first kappa shape index (κ1) is 26.1. The van der Waals surface area contributed by atoms with E-state index in [2.05, 4.69) is 27.0 Å². The number of halogens is 3. The molecule has 0 radical (unpaired) electrons. The molecule has 38 heavy (non-hydrogen) atoms. The SMILES string of the molecule is CC(C)(C)OC(=O)N(CC1(c2noc(-c3ccc(OC(F)(F)F)cc3)n2)CCC1)[C@H]1CC1c1ccccc1. The van der Waals surface area contributed by atoms with Crippen molar-refractivity contribution in [3.05, 3.63) is 66.0 Å². The number of aromatic nitrogens is 2. The van der Waals surface area contributed by atoms with Crippen LogP contribution in [0.25, 0.3) is 11.5 Å². The smallest absolute Gasteiger partial charge is 0.444 e. The Morgan fingerprint density at radius 1 is 1.08 bits per heavy atom. The van der Waals surface area contributed by atoms with Gasteiger partial charge in [0.25, 0.3) is 5.89 Å². The van der Waals surface area contributed by atoms with Crippen LogP contribution in [0.3, 0.4) is 0 Å². The molecule has 0 aliphatic heterocycles. The fraction of sp³-hybridized carbons (Fsp3) is 0.464. The van der Waals surface area contributed by atoms with Crippen molar-refractivity contribution in [2.75, 3.05) is 6.54 Å². The standard InChI is InChI=1S/C28H30F3N3O4/c1-26(2,3)37-25(35)34(22-16-21(22)18-8-5-4-6-9-18)17-27(14-7-15-27)24-32-23(38-33-24)19-10-12-20(13-11-19)36-28(29,30)31/h4-6,8-13,21-22H,7,14-17H2,1-3H3/t21?,22-/m0/s1. The Balaban J connectivity index is 1.36. The molecule has 7 nitrogen and oxygen atoms in total. The Kier molecular flexibility index (Phi) is 6.61. The predicted octanol–water partition coefficient (Wildman–Crippen LogP) is 6.85. The molecule has 1 unspecified atom stereocenters. The molecule has 2 saturated carbocycles. The molecule has 0 bridgehead atoms. The van der Waals surface area contributed by atoms with Gasteiger partial charge in [-0.1, -0.05) is 41.9 Å². The highest BCUT2D eigenvalue weighted by Gasteiger charge is 2.52. The summed E-state index contributed by atoms with van der Waals surface area (Å²) in [4.78, 5) is 19.8. The lowest BCUT2D eigenvalue weighted by Crippen LogP contribution is -2.50. The summed E-state index contributed by atoms with van der Waals surface area (Å²) in [6.45, 7) is 5.94. The number of benzene rings is 2. The number of hydrogen-bond acceptors (Lipinski definition) is 6. The number of hydrogen-bond donors (Lipinski definition) is 0. The van der Waals surface area contributed by atoms with Gasteiger partial charge in [-0.25, -0.2) is 4.79 Å². The molecule has 3 aromatic rings. The van der Waals surface area contributed by atoms with Gasteiger partial charge in [0.05, 0.1) is 5.41 Å². The number of carbonyl (C=O) groups excluding carboxylic acids is 1. The lowest BCUT2D eigenvalue weighted by Gasteiger charge is -2.43. The summed E-state index contributed by atoms with van der Waals surface area (Å²) >= 11 is 0. The van der Waals surface area contributed by atoms with Crippen LogP contribution in [0.15, 0.2) is 59.1 Å². The van der Waals surface area contributed by atoms with E-state index in [1.807, 2.05) is 43.9 Å². The summed E-state index contributed by atoms with van der Waals surface area (Å²) in [5.41, 5.74) is 0.541. The van der Waals surface area contributed by atoms with Crippen LogP contribution in [0, 0.1) is 0 Å². The van der Waals surface area contributed by atoms with Crippen LogP contribution in [0.2, 0.25) is 0 Å². The topological polar surface area (TPSA) is 77.7 Å². The number of alkyl halides is 3. The molecule has 5 rings (SSSR count). The highest BCUT2D eigenvalue weighted by molar-refractivity contribution is 5.70. The second-order valence-corrected chi connectivity index (χ2v) is 11.1. The van der Waals surface area contributed by atoms with Gasteiger partial charge in [0.2, 0.25) is 0 Å². The lowest BCUT2D eigenvalue weighted by atomic mass is 9.67. The minimum atomic E-state index is -4.77. The molecule has 0 saturated heterocycles. The van der Waals surface area contributed by atoms with Gasteiger partial charge in [-0.2, -0.15) is 4.98 Å². The molecule has 0 N–H and O–H groups in total. The zero-order valence-corrected chi connectivity index (χ0v) is 21.5. The van der Waals surface area contributed by atoms with Crippen molar-refractivity contribution in [3.63, 3.8) is 0 Å². The van der Waals surface area contributed by atoms with Crippen LogP contribution in [0.1, 0.15) is 63.8 Å². The summed E-state index contributed by atoms with van der Waals surface area (Å²) in [6, 6.07) is 15.4. The molecule has 2 aliphatic rings.